The maximum absolute atomic E-state index is 9.90. The van der Waals surface area contributed by atoms with E-state index in [0.29, 0.717) is 22.0 Å². The van der Waals surface area contributed by atoms with Gasteiger partial charge in [0.05, 0.1) is 0 Å². The van der Waals surface area contributed by atoms with Crippen molar-refractivity contribution in [2.24, 2.45) is 11.3 Å². The molecule has 7 aliphatic carbocycles. The minimum atomic E-state index is 0.227. The van der Waals surface area contributed by atoms with Crippen molar-refractivity contribution in [2.45, 2.75) is 48.3 Å². The predicted molar refractivity (Wildman–Crippen MR) is 115 cm³/mol. The van der Waals surface area contributed by atoms with Crippen LogP contribution in [0.5, 0.6) is 5.75 Å². The molecule has 7 aliphatic rings. The third kappa shape index (κ3) is 1.75. The van der Waals surface area contributed by atoms with Crippen LogP contribution in [-0.4, -0.2) is 5.11 Å². The first-order valence-corrected chi connectivity index (χ1v) is 11.0. The molecule has 1 spiro atoms. The standard InChI is InChI=1S/C28H26O/c29-23-13-11-20(12-14-23)25-15-26-18-27(16-25,21-7-3-1-4-8-21)24(26)28(17-25,19-26)22-9-5-2-6-10-22/h1-14,24,29H,15-19H2. The van der Waals surface area contributed by atoms with E-state index in [1.54, 1.807) is 11.1 Å². The number of rotatable bonds is 3. The molecule has 0 radical (unpaired) electrons. The molecular formula is C28H26O. The van der Waals surface area contributed by atoms with Crippen molar-refractivity contribution in [2.75, 3.05) is 0 Å². The summed E-state index contributed by atoms with van der Waals surface area (Å²) in [5.74, 6) is 1.16. The van der Waals surface area contributed by atoms with Gasteiger partial charge < -0.3 is 5.11 Å². The largest absolute Gasteiger partial charge is 0.508 e. The Morgan fingerprint density at radius 1 is 0.552 bits per heavy atom. The number of aromatic hydroxyl groups is 1. The highest BCUT2D eigenvalue weighted by atomic mass is 16.3. The van der Waals surface area contributed by atoms with E-state index in [9.17, 15) is 5.11 Å². The SMILES string of the molecule is Oc1ccc(C23CC45CC(c6ccccc6)(C2)C4C(c2ccccc2)(C3)C5)cc1. The second-order valence-electron chi connectivity index (χ2n) is 10.6. The zero-order valence-electron chi connectivity index (χ0n) is 16.6. The van der Waals surface area contributed by atoms with Crippen LogP contribution in [0.25, 0.3) is 0 Å². The Morgan fingerprint density at radius 3 is 1.59 bits per heavy atom. The van der Waals surface area contributed by atoms with Gasteiger partial charge in [-0.25, -0.2) is 0 Å². The summed E-state index contributed by atoms with van der Waals surface area (Å²) >= 11 is 0. The lowest BCUT2D eigenvalue weighted by Gasteiger charge is -2.89. The molecule has 10 rings (SSSR count). The number of hydrogen-bond acceptors (Lipinski definition) is 1. The van der Waals surface area contributed by atoms with E-state index < -0.39 is 0 Å². The minimum Gasteiger partial charge on any atom is -0.508 e. The zero-order chi connectivity index (χ0) is 19.3. The number of phenolic OH excluding ortho intramolecular Hbond substituents is 1. The van der Waals surface area contributed by atoms with Crippen molar-refractivity contribution in [3.63, 3.8) is 0 Å². The molecule has 0 aliphatic heterocycles. The highest BCUT2D eigenvalue weighted by Crippen LogP contribution is 2.91. The maximum atomic E-state index is 9.90. The van der Waals surface area contributed by atoms with Gasteiger partial charge in [-0.2, -0.15) is 0 Å². The van der Waals surface area contributed by atoms with Gasteiger partial charge in [-0.05, 0) is 77.7 Å². The minimum absolute atomic E-state index is 0.227. The second-order valence-corrected chi connectivity index (χ2v) is 10.6. The molecule has 5 bridgehead atoms. The van der Waals surface area contributed by atoms with E-state index in [1.165, 1.54) is 37.7 Å². The molecule has 1 nitrogen and oxygen atoms in total. The molecule has 7 fully saturated rings. The van der Waals surface area contributed by atoms with Crippen molar-refractivity contribution in [1.29, 1.82) is 0 Å². The topological polar surface area (TPSA) is 20.2 Å². The number of phenols is 1. The van der Waals surface area contributed by atoms with E-state index in [1.807, 2.05) is 12.1 Å². The van der Waals surface area contributed by atoms with Crippen molar-refractivity contribution in [1.82, 2.24) is 0 Å². The van der Waals surface area contributed by atoms with Gasteiger partial charge in [0.25, 0.3) is 0 Å². The van der Waals surface area contributed by atoms with Gasteiger partial charge in [0.1, 0.15) is 5.75 Å². The molecule has 1 N–H and O–H groups in total. The summed E-state index contributed by atoms with van der Waals surface area (Å²) in [5, 5.41) is 9.90. The molecule has 7 saturated carbocycles. The molecule has 0 amide bonds. The molecule has 0 saturated heterocycles. The van der Waals surface area contributed by atoms with Crippen molar-refractivity contribution in [3.8, 4) is 5.75 Å². The fourth-order valence-electron chi connectivity index (χ4n) is 9.19. The summed E-state index contributed by atoms with van der Waals surface area (Å²) in [6.45, 7) is 0. The average molecular weight is 379 g/mol. The van der Waals surface area contributed by atoms with E-state index in [2.05, 4.69) is 72.8 Å². The van der Waals surface area contributed by atoms with E-state index in [0.717, 1.165) is 5.92 Å². The molecule has 0 heterocycles. The third-order valence-electron chi connectivity index (χ3n) is 9.23. The first kappa shape index (κ1) is 16.3. The van der Waals surface area contributed by atoms with Crippen LogP contribution in [-0.2, 0) is 16.2 Å². The highest BCUT2D eigenvalue weighted by molar-refractivity contribution is 5.55. The summed E-state index contributed by atoms with van der Waals surface area (Å²) in [5.41, 5.74) is 5.92. The van der Waals surface area contributed by atoms with Crippen molar-refractivity contribution in [3.05, 3.63) is 102 Å². The third-order valence-corrected chi connectivity index (χ3v) is 9.23. The summed E-state index contributed by atoms with van der Waals surface area (Å²) in [4.78, 5) is 0. The monoisotopic (exact) mass is 378 g/mol. The van der Waals surface area contributed by atoms with E-state index in [-0.39, 0.29) is 5.41 Å². The maximum Gasteiger partial charge on any atom is 0.115 e. The Bertz CT molecular complexity index is 1040. The summed E-state index contributed by atoms with van der Waals surface area (Å²) in [7, 11) is 0. The lowest BCUT2D eigenvalue weighted by molar-refractivity contribution is -0.322. The quantitative estimate of drug-likeness (QED) is 0.583. The van der Waals surface area contributed by atoms with Gasteiger partial charge in [-0.3, -0.25) is 0 Å². The first-order chi connectivity index (χ1) is 14.1. The van der Waals surface area contributed by atoms with Gasteiger partial charge >= 0.3 is 0 Å². The van der Waals surface area contributed by atoms with Crippen LogP contribution in [0.1, 0.15) is 48.8 Å². The Balaban J connectivity index is 1.45. The molecular weight excluding hydrogens is 352 g/mol. The summed E-state index contributed by atoms with van der Waals surface area (Å²) in [6.07, 6.45) is 6.58. The first-order valence-electron chi connectivity index (χ1n) is 11.0. The number of hydrogen-bond donors (Lipinski definition) is 1. The molecule has 3 aromatic rings. The lowest BCUT2D eigenvalue weighted by Crippen LogP contribution is -2.85. The lowest BCUT2D eigenvalue weighted by atomic mass is 9.14. The Labute approximate surface area is 172 Å². The average Bonchev–Trinajstić information content (AvgIpc) is 2.74. The van der Waals surface area contributed by atoms with Gasteiger partial charge in [-0.1, -0.05) is 72.8 Å². The highest BCUT2D eigenvalue weighted by Gasteiger charge is 2.86. The normalized spacial score (nSPS) is 40.8. The molecule has 3 aromatic carbocycles. The van der Waals surface area contributed by atoms with Crippen molar-refractivity contribution >= 4 is 0 Å². The van der Waals surface area contributed by atoms with Crippen LogP contribution >= 0.6 is 0 Å². The molecule has 2 unspecified atom stereocenters. The van der Waals surface area contributed by atoms with Gasteiger partial charge in [0.2, 0.25) is 0 Å². The Kier molecular flexibility index (Phi) is 2.78. The van der Waals surface area contributed by atoms with Crippen LogP contribution in [0.15, 0.2) is 84.9 Å². The van der Waals surface area contributed by atoms with Crippen LogP contribution in [0, 0.1) is 11.3 Å². The fourth-order valence-corrected chi connectivity index (χ4v) is 9.19. The summed E-state index contributed by atoms with van der Waals surface area (Å²) < 4.78 is 0. The molecule has 1 heteroatoms. The smallest absolute Gasteiger partial charge is 0.115 e. The Hall–Kier alpha value is -2.54. The van der Waals surface area contributed by atoms with Crippen LogP contribution in [0.3, 0.4) is 0 Å². The van der Waals surface area contributed by atoms with Gasteiger partial charge in [-0.15, -0.1) is 0 Å². The van der Waals surface area contributed by atoms with Gasteiger partial charge in [0, 0.05) is 10.8 Å². The fraction of sp³-hybridized carbons (Fsp3) is 0.357. The molecule has 0 aromatic heterocycles. The summed E-state index contributed by atoms with van der Waals surface area (Å²) in [6, 6.07) is 30.9. The molecule has 29 heavy (non-hydrogen) atoms. The van der Waals surface area contributed by atoms with E-state index >= 15 is 0 Å². The molecule has 144 valence electrons. The van der Waals surface area contributed by atoms with Crippen molar-refractivity contribution < 1.29 is 5.11 Å². The Morgan fingerprint density at radius 2 is 1.07 bits per heavy atom. The van der Waals surface area contributed by atoms with Crippen LogP contribution in [0.4, 0.5) is 0 Å². The van der Waals surface area contributed by atoms with Crippen LogP contribution in [0.2, 0.25) is 0 Å². The second kappa shape index (κ2) is 4.95. The predicted octanol–water partition coefficient (Wildman–Crippen LogP) is 6.11. The molecule has 2 atom stereocenters. The van der Waals surface area contributed by atoms with E-state index in [4.69, 9.17) is 0 Å². The van der Waals surface area contributed by atoms with Gasteiger partial charge in [0.15, 0.2) is 0 Å². The van der Waals surface area contributed by atoms with Crippen LogP contribution < -0.4 is 0 Å². The zero-order valence-corrected chi connectivity index (χ0v) is 16.6. The number of benzene rings is 3.